The fourth-order valence-electron chi connectivity index (χ4n) is 2.21. The van der Waals surface area contributed by atoms with Gasteiger partial charge in [0.1, 0.15) is 0 Å². The number of benzene rings is 2. The minimum Gasteiger partial charge on any atom is -0.399 e. The Morgan fingerprint density at radius 3 is 2.10 bits per heavy atom. The summed E-state index contributed by atoms with van der Waals surface area (Å²) < 4.78 is 0. The van der Waals surface area contributed by atoms with E-state index in [0.29, 0.717) is 5.69 Å². The molecule has 0 spiro atoms. The Hall–Kier alpha value is -2.29. The highest BCUT2D eigenvalue weighted by Gasteiger charge is 2.32. The first kappa shape index (κ1) is 14.1. The van der Waals surface area contributed by atoms with E-state index < -0.39 is 5.41 Å². The summed E-state index contributed by atoms with van der Waals surface area (Å²) in [6, 6.07) is 17.1. The quantitative estimate of drug-likeness (QED) is 0.869. The largest absolute Gasteiger partial charge is 0.399 e. The summed E-state index contributed by atoms with van der Waals surface area (Å²) in [7, 11) is 1.79. The molecule has 1 amide bonds. The van der Waals surface area contributed by atoms with Crippen LogP contribution in [0.1, 0.15) is 19.4 Å². The van der Waals surface area contributed by atoms with Crippen molar-refractivity contribution in [2.24, 2.45) is 0 Å². The van der Waals surface area contributed by atoms with Crippen LogP contribution < -0.4 is 10.6 Å². The molecule has 0 aliphatic carbocycles. The van der Waals surface area contributed by atoms with E-state index in [9.17, 15) is 4.79 Å². The van der Waals surface area contributed by atoms with Gasteiger partial charge in [-0.2, -0.15) is 0 Å². The lowest BCUT2D eigenvalue weighted by atomic mass is 9.83. The van der Waals surface area contributed by atoms with E-state index in [0.717, 1.165) is 11.3 Å². The molecule has 104 valence electrons. The fourth-order valence-corrected chi connectivity index (χ4v) is 2.21. The summed E-state index contributed by atoms with van der Waals surface area (Å²) >= 11 is 0. The summed E-state index contributed by atoms with van der Waals surface area (Å²) in [5, 5.41) is 0. The predicted octanol–water partition coefficient (Wildman–Crippen LogP) is 3.21. The molecule has 2 N–H and O–H groups in total. The van der Waals surface area contributed by atoms with Crippen molar-refractivity contribution in [1.82, 2.24) is 0 Å². The number of rotatable bonds is 3. The molecule has 0 heterocycles. The number of likely N-dealkylation sites (N-methyl/N-ethyl adjacent to an activating group) is 1. The first-order chi connectivity index (χ1) is 9.43. The molecule has 0 saturated carbocycles. The van der Waals surface area contributed by atoms with E-state index in [4.69, 9.17) is 5.73 Å². The molecule has 0 aliphatic rings. The highest BCUT2D eigenvalue weighted by atomic mass is 16.2. The summed E-state index contributed by atoms with van der Waals surface area (Å²) in [6.45, 7) is 3.89. The Bertz CT molecular complexity index is 588. The zero-order chi connectivity index (χ0) is 14.8. The van der Waals surface area contributed by atoms with Crippen molar-refractivity contribution in [1.29, 1.82) is 0 Å². The third kappa shape index (κ3) is 2.67. The second-order valence-electron chi connectivity index (χ2n) is 5.45. The number of anilines is 2. The first-order valence-electron chi connectivity index (χ1n) is 6.62. The van der Waals surface area contributed by atoms with Crippen LogP contribution in [0.5, 0.6) is 0 Å². The number of nitrogens with two attached hydrogens (primary N) is 1. The minimum atomic E-state index is -0.572. The molecule has 2 rings (SSSR count). The number of nitrogen functional groups attached to an aromatic ring is 1. The van der Waals surface area contributed by atoms with Crippen molar-refractivity contribution in [2.45, 2.75) is 19.3 Å². The Kier molecular flexibility index (Phi) is 3.79. The minimum absolute atomic E-state index is 0.0495. The highest BCUT2D eigenvalue weighted by Crippen LogP contribution is 2.27. The maximum absolute atomic E-state index is 12.7. The van der Waals surface area contributed by atoms with Crippen LogP contribution in [0.3, 0.4) is 0 Å². The zero-order valence-electron chi connectivity index (χ0n) is 12.1. The number of hydrogen-bond donors (Lipinski definition) is 1. The molecule has 20 heavy (non-hydrogen) atoms. The molecule has 0 fully saturated rings. The molecule has 3 nitrogen and oxygen atoms in total. The van der Waals surface area contributed by atoms with Gasteiger partial charge in [-0.05, 0) is 43.7 Å². The molecule has 0 unspecified atom stereocenters. The normalized spacial score (nSPS) is 11.2. The molecule has 0 aromatic heterocycles. The van der Waals surface area contributed by atoms with Gasteiger partial charge >= 0.3 is 0 Å². The van der Waals surface area contributed by atoms with Crippen LogP contribution in [0, 0.1) is 0 Å². The van der Waals surface area contributed by atoms with Crippen molar-refractivity contribution in [3.8, 4) is 0 Å². The predicted molar refractivity (Wildman–Crippen MR) is 83.7 cm³/mol. The molecule has 0 radical (unpaired) electrons. The summed E-state index contributed by atoms with van der Waals surface area (Å²) in [4.78, 5) is 14.4. The van der Waals surface area contributed by atoms with Crippen molar-refractivity contribution in [3.05, 3.63) is 60.2 Å². The van der Waals surface area contributed by atoms with Crippen LogP contribution in [0.2, 0.25) is 0 Å². The van der Waals surface area contributed by atoms with Crippen LogP contribution >= 0.6 is 0 Å². The first-order valence-corrected chi connectivity index (χ1v) is 6.62. The molecular formula is C17H20N2O. The van der Waals surface area contributed by atoms with E-state index >= 15 is 0 Å². The van der Waals surface area contributed by atoms with Gasteiger partial charge in [-0.1, -0.05) is 30.3 Å². The average molecular weight is 268 g/mol. The van der Waals surface area contributed by atoms with Gasteiger partial charge in [-0.15, -0.1) is 0 Å². The average Bonchev–Trinajstić information content (AvgIpc) is 2.47. The van der Waals surface area contributed by atoms with E-state index in [2.05, 4.69) is 0 Å². The summed E-state index contributed by atoms with van der Waals surface area (Å²) in [5.41, 5.74) is 7.64. The number of carbonyl (C=O) groups is 1. The smallest absolute Gasteiger partial charge is 0.236 e. The van der Waals surface area contributed by atoms with Gasteiger partial charge in [-0.25, -0.2) is 0 Å². The van der Waals surface area contributed by atoms with E-state index in [1.165, 1.54) is 0 Å². The van der Waals surface area contributed by atoms with Crippen LogP contribution in [0.4, 0.5) is 11.4 Å². The van der Waals surface area contributed by atoms with E-state index in [1.54, 1.807) is 24.1 Å². The standard InChI is InChI=1S/C17H20N2O/c1-17(2,13-7-5-4-6-8-13)16(20)19(3)15-11-9-14(18)10-12-15/h4-12H,18H2,1-3H3. The second-order valence-corrected chi connectivity index (χ2v) is 5.45. The molecule has 2 aromatic carbocycles. The molecule has 2 aromatic rings. The maximum Gasteiger partial charge on any atom is 0.236 e. The van der Waals surface area contributed by atoms with Gasteiger partial charge < -0.3 is 10.6 Å². The number of nitrogens with zero attached hydrogens (tertiary/aromatic N) is 1. The van der Waals surface area contributed by atoms with Gasteiger partial charge in [0.05, 0.1) is 5.41 Å². The Morgan fingerprint density at radius 1 is 1.00 bits per heavy atom. The van der Waals surface area contributed by atoms with E-state index in [-0.39, 0.29) is 5.91 Å². The molecule has 3 heteroatoms. The van der Waals surface area contributed by atoms with Gasteiger partial charge in [0.25, 0.3) is 0 Å². The highest BCUT2D eigenvalue weighted by molar-refractivity contribution is 6.00. The molecule has 0 atom stereocenters. The lowest BCUT2D eigenvalue weighted by Crippen LogP contribution is -2.41. The molecular weight excluding hydrogens is 248 g/mol. The topological polar surface area (TPSA) is 46.3 Å². The lowest BCUT2D eigenvalue weighted by Gasteiger charge is -2.30. The van der Waals surface area contributed by atoms with Crippen molar-refractivity contribution >= 4 is 17.3 Å². The second kappa shape index (κ2) is 5.37. The van der Waals surface area contributed by atoms with Gasteiger partial charge in [0, 0.05) is 18.4 Å². The number of hydrogen-bond acceptors (Lipinski definition) is 2. The summed E-state index contributed by atoms with van der Waals surface area (Å²) in [6.07, 6.45) is 0. The van der Waals surface area contributed by atoms with E-state index in [1.807, 2.05) is 56.3 Å². The number of carbonyl (C=O) groups excluding carboxylic acids is 1. The van der Waals surface area contributed by atoms with Gasteiger partial charge in [0.15, 0.2) is 0 Å². The zero-order valence-corrected chi connectivity index (χ0v) is 12.1. The Morgan fingerprint density at radius 2 is 1.55 bits per heavy atom. The molecule has 0 aliphatic heterocycles. The van der Waals surface area contributed by atoms with Crippen LogP contribution in [-0.2, 0) is 10.2 Å². The third-order valence-corrected chi connectivity index (χ3v) is 3.62. The monoisotopic (exact) mass is 268 g/mol. The fraction of sp³-hybridized carbons (Fsp3) is 0.235. The van der Waals surface area contributed by atoms with Crippen molar-refractivity contribution in [3.63, 3.8) is 0 Å². The SMILES string of the molecule is CN(C(=O)C(C)(C)c1ccccc1)c1ccc(N)cc1. The number of amides is 1. The Balaban J connectivity index is 2.28. The van der Waals surface area contributed by atoms with Crippen molar-refractivity contribution in [2.75, 3.05) is 17.7 Å². The molecule has 0 bridgehead atoms. The van der Waals surface area contributed by atoms with Crippen molar-refractivity contribution < 1.29 is 4.79 Å². The maximum atomic E-state index is 12.7. The van der Waals surface area contributed by atoms with Gasteiger partial charge in [0.2, 0.25) is 5.91 Å². The van der Waals surface area contributed by atoms with Crippen LogP contribution in [0.15, 0.2) is 54.6 Å². The molecule has 0 saturated heterocycles. The lowest BCUT2D eigenvalue weighted by molar-refractivity contribution is -0.122. The van der Waals surface area contributed by atoms with Crippen LogP contribution in [-0.4, -0.2) is 13.0 Å². The van der Waals surface area contributed by atoms with Gasteiger partial charge in [-0.3, -0.25) is 4.79 Å². The third-order valence-electron chi connectivity index (χ3n) is 3.62. The Labute approximate surface area is 120 Å². The van der Waals surface area contributed by atoms with Crippen LogP contribution in [0.25, 0.3) is 0 Å². The summed E-state index contributed by atoms with van der Waals surface area (Å²) in [5.74, 6) is 0.0495.